The molecule has 0 radical (unpaired) electrons. The highest BCUT2D eigenvalue weighted by Crippen LogP contribution is 2.29. The van der Waals surface area contributed by atoms with Crippen LogP contribution in [-0.4, -0.2) is 15.0 Å². The Morgan fingerprint density at radius 3 is 2.67 bits per heavy atom. The highest BCUT2D eigenvalue weighted by Gasteiger charge is 2.11. The highest BCUT2D eigenvalue weighted by molar-refractivity contribution is 9.10. The molecule has 2 heterocycles. The lowest BCUT2D eigenvalue weighted by Gasteiger charge is -1.98. The molecule has 0 saturated heterocycles. The predicted molar refractivity (Wildman–Crippen MR) is 77.0 cm³/mol. The van der Waals surface area contributed by atoms with Crippen LogP contribution in [0.2, 0.25) is 10.2 Å². The summed E-state index contributed by atoms with van der Waals surface area (Å²) < 4.78 is 0.959. The van der Waals surface area contributed by atoms with E-state index in [-0.39, 0.29) is 5.15 Å². The average Bonchev–Trinajstić information content (AvgIpc) is 2.73. The molecule has 0 aliphatic carbocycles. The number of H-pyrrole nitrogens is 1. The summed E-state index contributed by atoms with van der Waals surface area (Å²) in [4.78, 5) is 11.7. The first kappa shape index (κ1) is 12.0. The predicted octanol–water partition coefficient (Wildman–Crippen LogP) is 4.69. The number of rotatable bonds is 1. The van der Waals surface area contributed by atoms with Crippen molar-refractivity contribution in [1.82, 2.24) is 15.0 Å². The fraction of sp³-hybridized carbons (Fsp3) is 0. The van der Waals surface area contributed by atoms with Gasteiger partial charge in [-0.15, -0.1) is 0 Å². The highest BCUT2D eigenvalue weighted by atomic mass is 79.9. The molecule has 6 heteroatoms. The minimum Gasteiger partial charge on any atom is -0.336 e. The molecule has 0 atom stereocenters. The molecule has 0 aliphatic rings. The van der Waals surface area contributed by atoms with E-state index >= 15 is 0 Å². The maximum atomic E-state index is 5.92. The minimum absolute atomic E-state index is 0.259. The van der Waals surface area contributed by atoms with Gasteiger partial charge in [0.15, 0.2) is 5.65 Å². The molecule has 0 unspecified atom stereocenters. The molecule has 1 N–H and O–H groups in total. The Morgan fingerprint density at radius 2 is 1.89 bits per heavy atom. The van der Waals surface area contributed by atoms with E-state index in [1.165, 1.54) is 0 Å². The van der Waals surface area contributed by atoms with Crippen molar-refractivity contribution < 1.29 is 0 Å². The molecule has 0 amide bonds. The number of nitrogens with one attached hydrogen (secondary N) is 1. The summed E-state index contributed by atoms with van der Waals surface area (Å²) in [6.07, 6.45) is 0. The summed E-state index contributed by atoms with van der Waals surface area (Å²) in [7, 11) is 0. The quantitative estimate of drug-likeness (QED) is 0.651. The zero-order valence-electron chi connectivity index (χ0n) is 8.92. The van der Waals surface area contributed by atoms with Crippen LogP contribution in [0, 0.1) is 0 Å². The third-order valence-corrected chi connectivity index (χ3v) is 3.88. The molecule has 90 valence electrons. The lowest BCUT2D eigenvalue weighted by Crippen LogP contribution is -1.81. The molecule has 2 aromatic heterocycles. The van der Waals surface area contributed by atoms with Crippen molar-refractivity contribution in [2.45, 2.75) is 0 Å². The second kappa shape index (κ2) is 4.53. The van der Waals surface area contributed by atoms with Crippen molar-refractivity contribution in [1.29, 1.82) is 0 Å². The fourth-order valence-corrected chi connectivity index (χ4v) is 2.44. The van der Waals surface area contributed by atoms with E-state index in [1.807, 2.05) is 24.3 Å². The second-order valence-corrected chi connectivity index (χ2v) is 5.32. The Hall–Kier alpha value is -1.10. The van der Waals surface area contributed by atoms with Gasteiger partial charge in [0.2, 0.25) is 0 Å². The van der Waals surface area contributed by atoms with Gasteiger partial charge < -0.3 is 4.98 Å². The van der Waals surface area contributed by atoms with Crippen LogP contribution in [0.5, 0.6) is 0 Å². The van der Waals surface area contributed by atoms with Crippen LogP contribution >= 0.6 is 39.1 Å². The van der Waals surface area contributed by atoms with E-state index in [1.54, 1.807) is 6.07 Å². The van der Waals surface area contributed by atoms with Crippen molar-refractivity contribution in [3.05, 3.63) is 45.0 Å². The average molecular weight is 343 g/mol. The number of pyridine rings is 1. The van der Waals surface area contributed by atoms with Crippen LogP contribution in [0.1, 0.15) is 0 Å². The van der Waals surface area contributed by atoms with E-state index in [0.717, 1.165) is 21.4 Å². The van der Waals surface area contributed by atoms with Crippen molar-refractivity contribution in [3.63, 3.8) is 0 Å². The Bertz CT molecular complexity index is 700. The molecule has 0 bridgehead atoms. The third-order valence-electron chi connectivity index (χ3n) is 2.51. The van der Waals surface area contributed by atoms with Crippen molar-refractivity contribution in [2.24, 2.45) is 0 Å². The van der Waals surface area contributed by atoms with Gasteiger partial charge in [-0.3, -0.25) is 0 Å². The Kier molecular flexibility index (Phi) is 3.01. The Labute approximate surface area is 121 Å². The van der Waals surface area contributed by atoms with Gasteiger partial charge in [-0.1, -0.05) is 57.3 Å². The van der Waals surface area contributed by atoms with Crippen LogP contribution in [0.25, 0.3) is 22.6 Å². The van der Waals surface area contributed by atoms with Gasteiger partial charge in [0.1, 0.15) is 11.0 Å². The molecule has 0 saturated carbocycles. The first-order chi connectivity index (χ1) is 8.65. The molecule has 3 nitrogen and oxygen atoms in total. The topological polar surface area (TPSA) is 41.6 Å². The molecular weight excluding hydrogens is 337 g/mol. The first-order valence-corrected chi connectivity index (χ1v) is 6.67. The Morgan fingerprint density at radius 1 is 1.11 bits per heavy atom. The zero-order valence-corrected chi connectivity index (χ0v) is 12.0. The van der Waals surface area contributed by atoms with Crippen LogP contribution in [0.15, 0.2) is 34.8 Å². The number of fused-ring (bicyclic) bond motifs is 1. The lowest BCUT2D eigenvalue weighted by molar-refractivity contribution is 1.30. The third kappa shape index (κ3) is 2.00. The summed E-state index contributed by atoms with van der Waals surface area (Å²) in [6.45, 7) is 0. The summed E-state index contributed by atoms with van der Waals surface area (Å²) in [5.74, 6) is 0.725. The first-order valence-electron chi connectivity index (χ1n) is 5.12. The largest absolute Gasteiger partial charge is 0.336 e. The van der Waals surface area contributed by atoms with Crippen LogP contribution in [-0.2, 0) is 0 Å². The van der Waals surface area contributed by atoms with Crippen molar-refractivity contribution in [2.75, 3.05) is 0 Å². The summed E-state index contributed by atoms with van der Waals surface area (Å²) in [5, 5.41) is 0.667. The number of halogens is 3. The van der Waals surface area contributed by atoms with E-state index in [9.17, 15) is 0 Å². The molecular formula is C12H6BrCl2N3. The van der Waals surface area contributed by atoms with Crippen molar-refractivity contribution in [3.8, 4) is 11.4 Å². The number of nitrogens with zero attached hydrogens (tertiary/aromatic N) is 2. The van der Waals surface area contributed by atoms with Gasteiger partial charge >= 0.3 is 0 Å². The number of aromatic nitrogens is 3. The molecule has 18 heavy (non-hydrogen) atoms. The molecule has 0 aliphatic heterocycles. The molecule has 0 fully saturated rings. The maximum absolute atomic E-state index is 5.92. The van der Waals surface area contributed by atoms with Crippen molar-refractivity contribution >= 4 is 50.3 Å². The van der Waals surface area contributed by atoms with Crippen LogP contribution in [0.3, 0.4) is 0 Å². The van der Waals surface area contributed by atoms with Crippen LogP contribution in [0.4, 0.5) is 0 Å². The zero-order chi connectivity index (χ0) is 12.7. The fourth-order valence-electron chi connectivity index (χ4n) is 1.68. The van der Waals surface area contributed by atoms with E-state index in [4.69, 9.17) is 23.2 Å². The number of aromatic amines is 1. The molecule has 3 rings (SSSR count). The van der Waals surface area contributed by atoms with Gasteiger partial charge in [-0.25, -0.2) is 9.97 Å². The van der Waals surface area contributed by atoms with E-state index in [2.05, 4.69) is 30.9 Å². The van der Waals surface area contributed by atoms with Gasteiger partial charge in [0.05, 0.1) is 10.5 Å². The minimum atomic E-state index is 0.259. The SMILES string of the molecule is Clc1cc2[nH]c(-c3ccccc3Br)nc2nc1Cl. The summed E-state index contributed by atoms with van der Waals surface area (Å²) >= 11 is 15.3. The number of imidazole rings is 1. The summed E-state index contributed by atoms with van der Waals surface area (Å²) in [6, 6.07) is 9.53. The van der Waals surface area contributed by atoms with E-state index < -0.39 is 0 Å². The van der Waals surface area contributed by atoms with Crippen LogP contribution < -0.4 is 0 Å². The number of hydrogen-bond donors (Lipinski definition) is 1. The van der Waals surface area contributed by atoms with E-state index in [0.29, 0.717) is 10.7 Å². The van der Waals surface area contributed by atoms with Gasteiger partial charge in [0, 0.05) is 10.0 Å². The monoisotopic (exact) mass is 341 g/mol. The van der Waals surface area contributed by atoms with Gasteiger partial charge in [0.25, 0.3) is 0 Å². The number of hydrogen-bond acceptors (Lipinski definition) is 2. The normalized spacial score (nSPS) is 11.1. The second-order valence-electron chi connectivity index (χ2n) is 3.70. The standard InChI is InChI=1S/C12H6BrCl2N3/c13-7-4-2-1-3-6(7)11-16-9-5-8(14)10(15)17-12(9)18-11/h1-5H,(H,16,17,18). The summed E-state index contributed by atoms with van der Waals surface area (Å²) in [5.41, 5.74) is 2.27. The molecule has 1 aromatic carbocycles. The van der Waals surface area contributed by atoms with Gasteiger partial charge in [-0.2, -0.15) is 0 Å². The molecule has 3 aromatic rings. The molecule has 0 spiro atoms. The lowest BCUT2D eigenvalue weighted by atomic mass is 10.2. The maximum Gasteiger partial charge on any atom is 0.179 e. The Balaban J connectivity index is 2.23. The van der Waals surface area contributed by atoms with Gasteiger partial charge in [-0.05, 0) is 12.1 Å². The number of benzene rings is 1. The smallest absolute Gasteiger partial charge is 0.179 e.